The molecule has 0 fully saturated rings. The van der Waals surface area contributed by atoms with E-state index in [2.05, 4.69) is 30.2 Å². The largest absolute Gasteiger partial charge is 0.448 e. The Morgan fingerprint density at radius 3 is 2.12 bits per heavy atom. The molecule has 1 amide bonds. The summed E-state index contributed by atoms with van der Waals surface area (Å²) in [4.78, 5) is 13.8. The monoisotopic (exact) mass is 319 g/mol. The molecule has 3 nitrogen and oxygen atoms in total. The minimum absolute atomic E-state index is 0.0590. The maximum Gasteiger partial charge on any atom is 0.410 e. The van der Waals surface area contributed by atoms with Crippen LogP contribution in [0.1, 0.15) is 30.9 Å². The third-order valence-corrected chi connectivity index (χ3v) is 4.80. The van der Waals surface area contributed by atoms with E-state index in [9.17, 15) is 4.79 Å². The second kappa shape index (κ2) is 6.05. The number of fused-ring (bicyclic) bond motifs is 3. The molecular formula is C21H21NO2. The molecule has 1 aliphatic rings. The van der Waals surface area contributed by atoms with E-state index in [1.807, 2.05) is 38.1 Å². The van der Waals surface area contributed by atoms with E-state index in [1.54, 1.807) is 7.05 Å². The summed E-state index contributed by atoms with van der Waals surface area (Å²) in [5, 5.41) is 0. The van der Waals surface area contributed by atoms with Gasteiger partial charge in [0.15, 0.2) is 0 Å². The summed E-state index contributed by atoms with van der Waals surface area (Å²) in [7, 11) is 1.67. The first-order chi connectivity index (χ1) is 11.5. The summed E-state index contributed by atoms with van der Waals surface area (Å²) in [6.45, 7) is 3.93. The Morgan fingerprint density at radius 2 is 1.62 bits per heavy atom. The molecule has 2 aromatic rings. The molecular weight excluding hydrogens is 298 g/mol. The lowest BCUT2D eigenvalue weighted by molar-refractivity contribution is 0.0882. The molecule has 3 heteroatoms. The second-order valence-electron chi connectivity index (χ2n) is 6.57. The normalized spacial score (nSPS) is 12.9. The van der Waals surface area contributed by atoms with E-state index in [0.29, 0.717) is 6.61 Å². The zero-order valence-corrected chi connectivity index (χ0v) is 14.2. The Morgan fingerprint density at radius 1 is 1.12 bits per heavy atom. The van der Waals surface area contributed by atoms with Crippen molar-refractivity contribution in [3.63, 3.8) is 0 Å². The molecule has 0 atom stereocenters. The lowest BCUT2D eigenvalue weighted by Crippen LogP contribution is -2.44. The molecule has 122 valence electrons. The van der Waals surface area contributed by atoms with Gasteiger partial charge in [0, 0.05) is 13.0 Å². The van der Waals surface area contributed by atoms with Crippen molar-refractivity contribution in [1.29, 1.82) is 0 Å². The first-order valence-corrected chi connectivity index (χ1v) is 8.02. The Balaban J connectivity index is 1.82. The molecule has 24 heavy (non-hydrogen) atoms. The smallest absolute Gasteiger partial charge is 0.410 e. The molecule has 0 spiro atoms. The standard InChI is InChI=1S/C21H21NO2/c1-5-21(2,3)22(4)20(23)24-14-19-17-12-8-6-10-15(17)16-11-7-9-13-18(16)19/h1,6-13,19H,14H2,2-4H3. The minimum atomic E-state index is -0.678. The molecule has 0 bridgehead atoms. The number of amides is 1. The Bertz CT molecular complexity index is 771. The number of hydrogen-bond donors (Lipinski definition) is 0. The number of hydrogen-bond acceptors (Lipinski definition) is 2. The van der Waals surface area contributed by atoms with Crippen molar-refractivity contribution in [3.8, 4) is 23.5 Å². The summed E-state index contributed by atoms with van der Waals surface area (Å²) in [6, 6.07) is 16.5. The highest BCUT2D eigenvalue weighted by molar-refractivity contribution is 5.79. The lowest BCUT2D eigenvalue weighted by Gasteiger charge is -2.30. The van der Waals surface area contributed by atoms with Gasteiger partial charge in [-0.05, 0) is 36.1 Å². The molecule has 0 aromatic heterocycles. The van der Waals surface area contributed by atoms with Gasteiger partial charge in [-0.2, -0.15) is 0 Å². The maximum absolute atomic E-state index is 12.3. The van der Waals surface area contributed by atoms with Crippen LogP contribution >= 0.6 is 0 Å². The van der Waals surface area contributed by atoms with Gasteiger partial charge >= 0.3 is 6.09 Å². The summed E-state index contributed by atoms with van der Waals surface area (Å²) >= 11 is 0. The second-order valence-corrected chi connectivity index (χ2v) is 6.57. The summed E-state index contributed by atoms with van der Waals surface area (Å²) in [5.74, 6) is 2.67. The maximum atomic E-state index is 12.3. The molecule has 2 aromatic carbocycles. The van der Waals surface area contributed by atoms with Crippen molar-refractivity contribution in [2.24, 2.45) is 0 Å². The third-order valence-electron chi connectivity index (χ3n) is 4.80. The van der Waals surface area contributed by atoms with E-state index in [-0.39, 0.29) is 5.92 Å². The summed E-state index contributed by atoms with van der Waals surface area (Å²) in [6.07, 6.45) is 5.09. The van der Waals surface area contributed by atoms with Crippen LogP contribution in [0.3, 0.4) is 0 Å². The number of carbonyl (C=O) groups excluding carboxylic acids is 1. The molecule has 1 aliphatic carbocycles. The zero-order chi connectivity index (χ0) is 17.3. The predicted octanol–water partition coefficient (Wildman–Crippen LogP) is 4.28. The van der Waals surface area contributed by atoms with Crippen LogP contribution in [0, 0.1) is 12.3 Å². The van der Waals surface area contributed by atoms with Crippen LogP contribution in [0.15, 0.2) is 48.5 Å². The number of ether oxygens (including phenoxy) is 1. The van der Waals surface area contributed by atoms with Gasteiger partial charge in [0.1, 0.15) is 12.1 Å². The van der Waals surface area contributed by atoms with Crippen LogP contribution in [0.25, 0.3) is 11.1 Å². The van der Waals surface area contributed by atoms with Crippen molar-refractivity contribution in [2.75, 3.05) is 13.7 Å². The number of rotatable bonds is 3. The first-order valence-electron chi connectivity index (χ1n) is 8.02. The number of terminal acetylenes is 1. The van der Waals surface area contributed by atoms with Gasteiger partial charge in [0.2, 0.25) is 0 Å². The van der Waals surface area contributed by atoms with Gasteiger partial charge in [-0.3, -0.25) is 4.90 Å². The molecule has 0 N–H and O–H groups in total. The van der Waals surface area contributed by atoms with Crippen molar-refractivity contribution in [2.45, 2.75) is 25.3 Å². The molecule has 0 radical (unpaired) electrons. The van der Waals surface area contributed by atoms with Gasteiger partial charge in [-0.1, -0.05) is 54.5 Å². The van der Waals surface area contributed by atoms with E-state index in [1.165, 1.54) is 27.2 Å². The van der Waals surface area contributed by atoms with Crippen molar-refractivity contribution < 1.29 is 9.53 Å². The highest BCUT2D eigenvalue weighted by Crippen LogP contribution is 2.44. The zero-order valence-electron chi connectivity index (χ0n) is 14.2. The number of benzene rings is 2. The molecule has 3 rings (SSSR count). The average Bonchev–Trinajstić information content (AvgIpc) is 2.93. The van der Waals surface area contributed by atoms with Gasteiger partial charge in [-0.15, -0.1) is 6.42 Å². The molecule has 0 saturated carbocycles. The summed E-state index contributed by atoms with van der Waals surface area (Å²) < 4.78 is 5.58. The summed E-state index contributed by atoms with van der Waals surface area (Å²) in [5.41, 5.74) is 4.15. The Kier molecular flexibility index (Phi) is 4.07. The molecule has 0 aliphatic heterocycles. The van der Waals surface area contributed by atoms with Gasteiger partial charge in [0.05, 0.1) is 0 Å². The highest BCUT2D eigenvalue weighted by atomic mass is 16.6. The molecule has 0 saturated heterocycles. The SMILES string of the molecule is C#CC(C)(C)N(C)C(=O)OCC1c2ccccc2-c2ccccc21. The first kappa shape index (κ1) is 16.1. The number of nitrogens with zero attached hydrogens (tertiary/aromatic N) is 1. The van der Waals surface area contributed by atoms with Crippen LogP contribution in [-0.2, 0) is 4.74 Å². The van der Waals surface area contributed by atoms with Crippen molar-refractivity contribution >= 4 is 6.09 Å². The van der Waals surface area contributed by atoms with Gasteiger partial charge < -0.3 is 4.74 Å². The van der Waals surface area contributed by atoms with Crippen LogP contribution < -0.4 is 0 Å². The fraction of sp³-hybridized carbons (Fsp3) is 0.286. The number of carbonyl (C=O) groups is 1. The van der Waals surface area contributed by atoms with Gasteiger partial charge in [-0.25, -0.2) is 4.79 Å². The van der Waals surface area contributed by atoms with Crippen LogP contribution in [0.2, 0.25) is 0 Å². The predicted molar refractivity (Wildman–Crippen MR) is 95.7 cm³/mol. The van der Waals surface area contributed by atoms with E-state index in [0.717, 1.165) is 0 Å². The fourth-order valence-corrected chi connectivity index (χ4v) is 3.02. The Hall–Kier alpha value is -2.73. The topological polar surface area (TPSA) is 29.5 Å². The van der Waals surface area contributed by atoms with Gasteiger partial charge in [0.25, 0.3) is 0 Å². The van der Waals surface area contributed by atoms with Crippen LogP contribution in [0.5, 0.6) is 0 Å². The van der Waals surface area contributed by atoms with Crippen LogP contribution in [0.4, 0.5) is 4.79 Å². The van der Waals surface area contributed by atoms with E-state index in [4.69, 9.17) is 11.2 Å². The van der Waals surface area contributed by atoms with E-state index >= 15 is 0 Å². The third kappa shape index (κ3) is 2.65. The van der Waals surface area contributed by atoms with Crippen LogP contribution in [-0.4, -0.2) is 30.2 Å². The average molecular weight is 319 g/mol. The molecule has 0 unspecified atom stereocenters. The van der Waals surface area contributed by atoms with Crippen molar-refractivity contribution in [1.82, 2.24) is 4.90 Å². The highest BCUT2D eigenvalue weighted by Gasteiger charge is 2.31. The fourth-order valence-electron chi connectivity index (χ4n) is 3.02. The molecule has 0 heterocycles. The Labute approximate surface area is 143 Å². The van der Waals surface area contributed by atoms with E-state index < -0.39 is 11.6 Å². The quantitative estimate of drug-likeness (QED) is 0.790. The van der Waals surface area contributed by atoms with Crippen molar-refractivity contribution in [3.05, 3.63) is 59.7 Å². The minimum Gasteiger partial charge on any atom is -0.448 e. The lowest BCUT2D eigenvalue weighted by atomic mass is 9.98.